The van der Waals surface area contributed by atoms with Gasteiger partial charge in [0.1, 0.15) is 0 Å². The number of rotatable bonds is 5. The van der Waals surface area contributed by atoms with Gasteiger partial charge in [-0.1, -0.05) is 23.7 Å². The van der Waals surface area contributed by atoms with Crippen LogP contribution in [0.3, 0.4) is 0 Å². The van der Waals surface area contributed by atoms with Crippen LogP contribution < -0.4 is 5.32 Å². The lowest BCUT2D eigenvalue weighted by molar-refractivity contribution is -0.137. The van der Waals surface area contributed by atoms with E-state index in [-0.39, 0.29) is 12.3 Å². The van der Waals surface area contributed by atoms with Crippen LogP contribution in [0.5, 0.6) is 0 Å². The van der Waals surface area contributed by atoms with Gasteiger partial charge in [-0.25, -0.2) is 0 Å². The van der Waals surface area contributed by atoms with Crippen molar-refractivity contribution in [3.05, 3.63) is 56.2 Å². The van der Waals surface area contributed by atoms with Gasteiger partial charge in [-0.3, -0.25) is 9.59 Å². The highest BCUT2D eigenvalue weighted by Gasteiger charge is 2.22. The number of aliphatic carboxylic acids is 1. The number of ether oxygens (including phenoxy) is 1. The summed E-state index contributed by atoms with van der Waals surface area (Å²) >= 11 is 7.31. The first kappa shape index (κ1) is 17.0. The second kappa shape index (κ2) is 7.34. The number of hydrogen-bond donors (Lipinski definition) is 2. The van der Waals surface area contributed by atoms with Crippen LogP contribution in [0.1, 0.15) is 38.1 Å². The zero-order valence-electron chi connectivity index (χ0n) is 12.8. The van der Waals surface area contributed by atoms with Gasteiger partial charge in [0.15, 0.2) is 0 Å². The average Bonchev–Trinajstić information content (AvgIpc) is 2.98. The number of nitrogens with one attached hydrogen (secondary N) is 1. The van der Waals surface area contributed by atoms with Crippen molar-refractivity contribution in [3.8, 4) is 0 Å². The van der Waals surface area contributed by atoms with Crippen molar-refractivity contribution in [1.29, 1.82) is 0 Å². The number of carboxylic acids is 1. The Morgan fingerprint density at radius 1 is 1.33 bits per heavy atom. The summed E-state index contributed by atoms with van der Waals surface area (Å²) in [6.45, 7) is 1.19. The van der Waals surface area contributed by atoms with Crippen LogP contribution in [0.15, 0.2) is 30.3 Å². The minimum absolute atomic E-state index is 0.193. The second-order valence-corrected chi connectivity index (χ2v) is 7.11. The number of carbonyl (C=O) groups is 2. The maximum absolute atomic E-state index is 12.5. The summed E-state index contributed by atoms with van der Waals surface area (Å²) in [6, 6.07) is 8.03. The van der Waals surface area contributed by atoms with Crippen molar-refractivity contribution in [2.75, 3.05) is 6.61 Å². The highest BCUT2D eigenvalue weighted by atomic mass is 35.5. The van der Waals surface area contributed by atoms with Gasteiger partial charge in [-0.2, -0.15) is 0 Å². The molecule has 3 rings (SSSR count). The number of hydrogen-bond acceptors (Lipinski definition) is 4. The molecule has 0 saturated carbocycles. The molecule has 1 aliphatic rings. The third-order valence-electron chi connectivity index (χ3n) is 3.81. The number of amides is 1. The fourth-order valence-electron chi connectivity index (χ4n) is 2.61. The molecule has 24 heavy (non-hydrogen) atoms. The lowest BCUT2D eigenvalue weighted by atomic mass is 10.0. The smallest absolute Gasteiger partial charge is 0.305 e. The average molecular weight is 366 g/mol. The van der Waals surface area contributed by atoms with E-state index in [0.29, 0.717) is 28.7 Å². The number of benzene rings is 1. The van der Waals surface area contributed by atoms with Crippen molar-refractivity contribution < 1.29 is 19.4 Å². The first-order valence-electron chi connectivity index (χ1n) is 7.50. The van der Waals surface area contributed by atoms with Gasteiger partial charge in [0.2, 0.25) is 0 Å². The van der Waals surface area contributed by atoms with Crippen LogP contribution in [0.2, 0.25) is 5.02 Å². The van der Waals surface area contributed by atoms with Crippen LogP contribution in [0, 0.1) is 0 Å². The van der Waals surface area contributed by atoms with Crippen molar-refractivity contribution >= 4 is 34.8 Å². The zero-order valence-corrected chi connectivity index (χ0v) is 14.3. The molecule has 0 fully saturated rings. The van der Waals surface area contributed by atoms with Gasteiger partial charge in [-0.15, -0.1) is 11.3 Å². The molecular weight excluding hydrogens is 350 g/mol. The van der Waals surface area contributed by atoms with Gasteiger partial charge in [0.05, 0.1) is 30.6 Å². The third-order valence-corrected chi connectivity index (χ3v) is 5.30. The summed E-state index contributed by atoms with van der Waals surface area (Å²) < 4.78 is 5.39. The zero-order chi connectivity index (χ0) is 17.1. The Bertz CT molecular complexity index is 733. The van der Waals surface area contributed by atoms with E-state index >= 15 is 0 Å². The minimum Gasteiger partial charge on any atom is -0.481 e. The molecule has 1 aliphatic heterocycles. The summed E-state index contributed by atoms with van der Waals surface area (Å²) in [5.41, 5.74) is 1.75. The van der Waals surface area contributed by atoms with E-state index in [9.17, 15) is 9.59 Å². The third kappa shape index (κ3) is 3.95. The number of thiophene rings is 1. The summed E-state index contributed by atoms with van der Waals surface area (Å²) in [5, 5.41) is 12.5. The van der Waals surface area contributed by atoms with Gasteiger partial charge >= 0.3 is 5.97 Å². The summed E-state index contributed by atoms with van der Waals surface area (Å²) in [6.07, 6.45) is 0.616. The normalized spacial score (nSPS) is 14.7. The van der Waals surface area contributed by atoms with E-state index in [1.807, 2.05) is 6.07 Å². The Kier molecular flexibility index (Phi) is 5.18. The van der Waals surface area contributed by atoms with Crippen molar-refractivity contribution in [3.63, 3.8) is 0 Å². The number of fused-ring (bicyclic) bond motifs is 1. The Hall–Kier alpha value is -1.89. The van der Waals surface area contributed by atoms with E-state index in [4.69, 9.17) is 21.4 Å². The monoisotopic (exact) mass is 365 g/mol. The molecule has 7 heteroatoms. The lowest BCUT2D eigenvalue weighted by Crippen LogP contribution is -2.29. The maximum atomic E-state index is 12.5. The number of halogens is 1. The molecule has 0 radical (unpaired) electrons. The molecule has 0 unspecified atom stereocenters. The summed E-state index contributed by atoms with van der Waals surface area (Å²) in [4.78, 5) is 25.4. The topological polar surface area (TPSA) is 75.6 Å². The van der Waals surface area contributed by atoms with Crippen molar-refractivity contribution in [2.24, 2.45) is 0 Å². The molecule has 1 aromatic heterocycles. The molecule has 1 aromatic carbocycles. The Morgan fingerprint density at radius 2 is 2.08 bits per heavy atom. The summed E-state index contributed by atoms with van der Waals surface area (Å²) in [5.74, 6) is -1.25. The molecule has 1 amide bonds. The number of carbonyl (C=O) groups excluding carboxylic acids is 1. The quantitative estimate of drug-likeness (QED) is 0.851. The minimum atomic E-state index is -0.978. The molecular formula is C17H16ClNO4S. The van der Waals surface area contributed by atoms with E-state index in [1.54, 1.807) is 24.3 Å². The second-order valence-electron chi connectivity index (χ2n) is 5.54. The van der Waals surface area contributed by atoms with Crippen LogP contribution >= 0.6 is 22.9 Å². The van der Waals surface area contributed by atoms with Gasteiger partial charge in [0.25, 0.3) is 5.91 Å². The highest BCUT2D eigenvalue weighted by Crippen LogP contribution is 2.28. The Labute approximate surface area is 148 Å². The summed E-state index contributed by atoms with van der Waals surface area (Å²) in [7, 11) is 0. The maximum Gasteiger partial charge on any atom is 0.305 e. The first-order chi connectivity index (χ1) is 11.5. The van der Waals surface area contributed by atoms with Crippen molar-refractivity contribution in [2.45, 2.75) is 25.5 Å². The fourth-order valence-corrected chi connectivity index (χ4v) is 3.79. The van der Waals surface area contributed by atoms with Gasteiger partial charge in [-0.05, 0) is 29.3 Å². The molecule has 5 nitrogen and oxygen atoms in total. The van der Waals surface area contributed by atoms with Crippen LogP contribution in [-0.4, -0.2) is 23.6 Å². The Morgan fingerprint density at radius 3 is 2.75 bits per heavy atom. The van der Waals surface area contributed by atoms with Crippen LogP contribution in [-0.2, 0) is 22.6 Å². The van der Waals surface area contributed by atoms with E-state index in [2.05, 4.69) is 5.32 Å². The van der Waals surface area contributed by atoms with Gasteiger partial charge in [0, 0.05) is 16.3 Å². The predicted octanol–water partition coefficient (Wildman–Crippen LogP) is 3.42. The Balaban J connectivity index is 1.78. The van der Waals surface area contributed by atoms with Gasteiger partial charge < -0.3 is 15.2 Å². The van der Waals surface area contributed by atoms with Crippen LogP contribution in [0.25, 0.3) is 0 Å². The standard InChI is InChI=1S/C17H16ClNO4S/c18-12-3-1-10(2-4-12)13(8-16(20)21)19-17(22)15-7-11-9-23-6-5-14(11)24-15/h1-4,7,13H,5-6,8-9H2,(H,19,22)(H,20,21)/t13-/m0/s1. The molecule has 0 aliphatic carbocycles. The molecule has 0 bridgehead atoms. The fraction of sp³-hybridized carbons (Fsp3) is 0.294. The highest BCUT2D eigenvalue weighted by molar-refractivity contribution is 7.14. The van der Waals surface area contributed by atoms with E-state index in [1.165, 1.54) is 11.3 Å². The van der Waals surface area contributed by atoms with E-state index in [0.717, 1.165) is 16.9 Å². The van der Waals surface area contributed by atoms with E-state index < -0.39 is 12.0 Å². The molecule has 0 saturated heterocycles. The molecule has 2 heterocycles. The molecule has 0 spiro atoms. The van der Waals surface area contributed by atoms with Crippen molar-refractivity contribution in [1.82, 2.24) is 5.32 Å². The molecule has 2 N–H and O–H groups in total. The molecule has 126 valence electrons. The lowest BCUT2D eigenvalue weighted by Gasteiger charge is -2.17. The molecule has 2 aromatic rings. The molecule has 1 atom stereocenters. The number of carboxylic acid groups (broad SMARTS) is 1. The first-order valence-corrected chi connectivity index (χ1v) is 8.70. The SMILES string of the molecule is O=C(O)C[C@H](NC(=O)c1cc2c(s1)CCOC2)c1ccc(Cl)cc1. The van der Waals surface area contributed by atoms with Crippen LogP contribution in [0.4, 0.5) is 0 Å². The largest absolute Gasteiger partial charge is 0.481 e. The predicted molar refractivity (Wildman–Crippen MR) is 91.6 cm³/mol.